The van der Waals surface area contributed by atoms with Crippen LogP contribution >= 0.6 is 0 Å². The summed E-state index contributed by atoms with van der Waals surface area (Å²) in [6, 6.07) is 13.1. The Bertz CT molecular complexity index is 540. The summed E-state index contributed by atoms with van der Waals surface area (Å²) in [5, 5.41) is 3.19. The molecule has 0 spiro atoms. The maximum Gasteiger partial charge on any atom is 0.0635 e. The van der Waals surface area contributed by atoms with Crippen molar-refractivity contribution in [3.63, 3.8) is 0 Å². The van der Waals surface area contributed by atoms with Gasteiger partial charge in [-0.05, 0) is 55.0 Å². The topological polar surface area (TPSA) is 99.3 Å². The van der Waals surface area contributed by atoms with Gasteiger partial charge in [-0.2, -0.15) is 0 Å². The van der Waals surface area contributed by atoms with Crippen molar-refractivity contribution in [2.45, 2.75) is 6.92 Å². The molecule has 0 bridgehead atoms. The Hall–Kier alpha value is -2.40. The highest BCUT2D eigenvalue weighted by atomic mass is 16.5. The zero-order valence-corrected chi connectivity index (χ0v) is 12.6. The van der Waals surface area contributed by atoms with Gasteiger partial charge in [0.2, 0.25) is 0 Å². The largest absolute Gasteiger partial charge is 0.399 e. The minimum Gasteiger partial charge on any atom is -0.399 e. The average molecular weight is 288 g/mol. The van der Waals surface area contributed by atoms with Crippen LogP contribution in [0.4, 0.5) is 22.7 Å². The van der Waals surface area contributed by atoms with Crippen LogP contribution in [0.15, 0.2) is 42.5 Å². The smallest absolute Gasteiger partial charge is 0.0635 e. The Kier molecular flexibility index (Phi) is 6.91. The number of nitrogen functional groups attached to an aromatic ring is 3. The number of methoxy groups -OCH3 is 1. The monoisotopic (exact) mass is 288 g/mol. The zero-order chi connectivity index (χ0) is 15.7. The second kappa shape index (κ2) is 8.71. The molecule has 0 atom stereocenters. The molecule has 0 unspecified atom stereocenters. The lowest BCUT2D eigenvalue weighted by Gasteiger charge is -2.04. The van der Waals surface area contributed by atoms with Gasteiger partial charge in [0.1, 0.15) is 0 Å². The van der Waals surface area contributed by atoms with Gasteiger partial charge in [0, 0.05) is 36.4 Å². The number of anilines is 4. The summed E-state index contributed by atoms with van der Waals surface area (Å²) in [5.41, 5.74) is 21.0. The lowest BCUT2D eigenvalue weighted by molar-refractivity contribution is 0.211. The Morgan fingerprint density at radius 1 is 0.952 bits per heavy atom. The van der Waals surface area contributed by atoms with E-state index in [1.165, 1.54) is 0 Å². The molecule has 2 aromatic carbocycles. The minimum absolute atomic E-state index is 0.713. The van der Waals surface area contributed by atoms with Gasteiger partial charge < -0.3 is 27.3 Å². The molecule has 0 saturated carbocycles. The maximum atomic E-state index is 5.53. The van der Waals surface area contributed by atoms with Crippen molar-refractivity contribution < 1.29 is 4.74 Å². The molecule has 0 fully saturated rings. The molecule has 0 aliphatic carbocycles. The van der Waals surface area contributed by atoms with Crippen molar-refractivity contribution in [3.05, 3.63) is 48.0 Å². The number of aryl methyl sites for hydroxylation is 1. The first kappa shape index (κ1) is 16.7. The molecule has 0 aliphatic rings. The molecule has 114 valence electrons. The molecule has 21 heavy (non-hydrogen) atoms. The van der Waals surface area contributed by atoms with Gasteiger partial charge in [-0.25, -0.2) is 0 Å². The van der Waals surface area contributed by atoms with Crippen LogP contribution in [0.1, 0.15) is 5.56 Å². The first-order valence-electron chi connectivity index (χ1n) is 6.73. The van der Waals surface area contributed by atoms with E-state index in [0.29, 0.717) is 6.61 Å². The van der Waals surface area contributed by atoms with Crippen LogP contribution < -0.4 is 22.5 Å². The maximum absolute atomic E-state index is 5.53. The highest BCUT2D eigenvalue weighted by molar-refractivity contribution is 5.54. The molecule has 2 aromatic rings. The van der Waals surface area contributed by atoms with Gasteiger partial charge in [-0.1, -0.05) is 0 Å². The van der Waals surface area contributed by atoms with Gasteiger partial charge in [-0.15, -0.1) is 0 Å². The highest BCUT2D eigenvalue weighted by Crippen LogP contribution is 2.13. The summed E-state index contributed by atoms with van der Waals surface area (Å²) in [4.78, 5) is 0. The van der Waals surface area contributed by atoms with Gasteiger partial charge in [0.15, 0.2) is 0 Å². The summed E-state index contributed by atoms with van der Waals surface area (Å²) in [5.74, 6) is 0. The van der Waals surface area contributed by atoms with Crippen LogP contribution in [0.5, 0.6) is 0 Å². The average Bonchev–Trinajstić information content (AvgIpc) is 2.46. The molecular formula is C16H24N4O. The van der Waals surface area contributed by atoms with Crippen LogP contribution in [0.3, 0.4) is 0 Å². The Balaban J connectivity index is 0.000000219. The van der Waals surface area contributed by atoms with E-state index in [0.717, 1.165) is 34.9 Å². The molecular weight excluding hydrogens is 264 g/mol. The lowest BCUT2D eigenvalue weighted by Crippen LogP contribution is -2.07. The third kappa shape index (κ3) is 6.54. The fraction of sp³-hybridized carbons (Fsp3) is 0.250. The third-order valence-electron chi connectivity index (χ3n) is 2.84. The van der Waals surface area contributed by atoms with Crippen LogP contribution in [0, 0.1) is 6.92 Å². The molecule has 7 N–H and O–H groups in total. The van der Waals surface area contributed by atoms with Crippen LogP contribution in [-0.4, -0.2) is 20.3 Å². The second-order valence-electron chi connectivity index (χ2n) is 4.66. The Labute approximate surface area is 126 Å². The molecule has 0 aromatic heterocycles. The Morgan fingerprint density at radius 3 is 2.10 bits per heavy atom. The highest BCUT2D eigenvalue weighted by Gasteiger charge is 1.90. The predicted molar refractivity (Wildman–Crippen MR) is 91.2 cm³/mol. The predicted octanol–water partition coefficient (Wildman–Crippen LogP) is 2.49. The van der Waals surface area contributed by atoms with Crippen molar-refractivity contribution in [1.29, 1.82) is 0 Å². The number of nitrogens with one attached hydrogen (secondary N) is 1. The van der Waals surface area contributed by atoms with Crippen molar-refractivity contribution in [2.75, 3.05) is 42.8 Å². The quantitative estimate of drug-likeness (QED) is 0.511. The first-order valence-corrected chi connectivity index (χ1v) is 6.73. The van der Waals surface area contributed by atoms with Gasteiger partial charge in [-0.3, -0.25) is 0 Å². The first-order chi connectivity index (χ1) is 10.0. The molecule has 0 radical (unpaired) electrons. The number of ether oxygens (including phenoxy) is 1. The van der Waals surface area contributed by atoms with Crippen molar-refractivity contribution in [2.24, 2.45) is 0 Å². The van der Waals surface area contributed by atoms with Gasteiger partial charge >= 0.3 is 0 Å². The Morgan fingerprint density at radius 2 is 1.57 bits per heavy atom. The fourth-order valence-corrected chi connectivity index (χ4v) is 1.60. The van der Waals surface area contributed by atoms with E-state index in [4.69, 9.17) is 21.9 Å². The van der Waals surface area contributed by atoms with E-state index >= 15 is 0 Å². The van der Waals surface area contributed by atoms with Crippen LogP contribution in [-0.2, 0) is 4.74 Å². The third-order valence-corrected chi connectivity index (χ3v) is 2.84. The van der Waals surface area contributed by atoms with Crippen molar-refractivity contribution in [3.8, 4) is 0 Å². The van der Waals surface area contributed by atoms with Crippen LogP contribution in [0.25, 0.3) is 0 Å². The van der Waals surface area contributed by atoms with Gasteiger partial charge in [0.25, 0.3) is 0 Å². The van der Waals surface area contributed by atoms with E-state index in [-0.39, 0.29) is 0 Å². The second-order valence-corrected chi connectivity index (χ2v) is 4.66. The molecule has 0 aliphatic heterocycles. The fourth-order valence-electron chi connectivity index (χ4n) is 1.60. The molecule has 0 amide bonds. The van der Waals surface area contributed by atoms with E-state index in [1.807, 2.05) is 43.3 Å². The normalized spacial score (nSPS) is 9.62. The summed E-state index contributed by atoms with van der Waals surface area (Å²) < 4.78 is 4.90. The molecule has 2 rings (SSSR count). The van der Waals surface area contributed by atoms with Gasteiger partial charge in [0.05, 0.1) is 6.61 Å². The zero-order valence-electron chi connectivity index (χ0n) is 12.6. The van der Waals surface area contributed by atoms with Crippen molar-refractivity contribution in [1.82, 2.24) is 0 Å². The summed E-state index contributed by atoms with van der Waals surface area (Å²) >= 11 is 0. The van der Waals surface area contributed by atoms with Crippen molar-refractivity contribution >= 4 is 22.7 Å². The van der Waals surface area contributed by atoms with E-state index in [2.05, 4.69) is 5.32 Å². The standard InChI is InChI=1S/C9H14N2O.C7H10N2/c1-12-7-6-11-9-4-2-8(10)3-5-9;1-5-4-6(8)2-3-7(5)9/h2-5,11H,6-7,10H2,1H3;2-4H,8-9H2,1H3. The summed E-state index contributed by atoms with van der Waals surface area (Å²) in [6.07, 6.45) is 0. The van der Waals surface area contributed by atoms with E-state index in [1.54, 1.807) is 13.2 Å². The minimum atomic E-state index is 0.713. The molecule has 5 heteroatoms. The SMILES string of the molecule is COCCNc1ccc(N)cc1.Cc1cc(N)ccc1N. The number of hydrogen-bond acceptors (Lipinski definition) is 5. The van der Waals surface area contributed by atoms with Crippen LogP contribution in [0.2, 0.25) is 0 Å². The van der Waals surface area contributed by atoms with E-state index in [9.17, 15) is 0 Å². The number of rotatable bonds is 4. The summed E-state index contributed by atoms with van der Waals surface area (Å²) in [6.45, 7) is 3.47. The number of benzene rings is 2. The molecule has 0 saturated heterocycles. The summed E-state index contributed by atoms with van der Waals surface area (Å²) in [7, 11) is 1.69. The molecule has 5 nitrogen and oxygen atoms in total. The van der Waals surface area contributed by atoms with E-state index < -0.39 is 0 Å². The number of hydrogen-bond donors (Lipinski definition) is 4. The molecule has 0 heterocycles. The number of nitrogens with two attached hydrogens (primary N) is 3. The lowest BCUT2D eigenvalue weighted by atomic mass is 10.2.